The van der Waals surface area contributed by atoms with Crippen LogP contribution in [0.4, 0.5) is 16.2 Å². The molecule has 0 unspecified atom stereocenters. The van der Waals surface area contributed by atoms with E-state index < -0.39 is 12.1 Å². The molecule has 0 aromatic heterocycles. The van der Waals surface area contributed by atoms with Crippen LogP contribution in [0, 0.1) is 11.8 Å². The SMILES string of the molecule is C[C@@H]1CCCCO[C@@H](CN(C)CC2CCCCC2)[C@H](C)CN([C@@H](C)CO)C(=O)c2cc(NC(=O)Nc3ccccc3)ccc2O1. The summed E-state index contributed by atoms with van der Waals surface area (Å²) >= 11 is 0. The maximum absolute atomic E-state index is 14.3. The summed E-state index contributed by atoms with van der Waals surface area (Å²) in [5.74, 6) is 0.993. The fourth-order valence-corrected chi connectivity index (χ4v) is 6.47. The number of carbonyl (C=O) groups excluding carboxylic acids is 2. The van der Waals surface area contributed by atoms with Crippen molar-refractivity contribution >= 4 is 23.3 Å². The number of ether oxygens (including phenoxy) is 2. The van der Waals surface area contributed by atoms with Gasteiger partial charge in [0.25, 0.3) is 5.91 Å². The minimum atomic E-state index is -0.420. The molecule has 2 aliphatic rings. The number of rotatable bonds is 8. The maximum atomic E-state index is 14.3. The number of nitrogens with zero attached hydrogens (tertiary/aromatic N) is 2. The molecule has 0 saturated heterocycles. The summed E-state index contributed by atoms with van der Waals surface area (Å²) in [7, 11) is 2.19. The molecule has 3 amide bonds. The lowest BCUT2D eigenvalue weighted by Gasteiger charge is -2.36. The van der Waals surface area contributed by atoms with Gasteiger partial charge in [-0.15, -0.1) is 0 Å². The van der Waals surface area contributed by atoms with Gasteiger partial charge in [0, 0.05) is 43.5 Å². The lowest BCUT2D eigenvalue weighted by Crippen LogP contribution is -2.47. The Balaban J connectivity index is 1.56. The fourth-order valence-electron chi connectivity index (χ4n) is 6.47. The molecule has 2 aromatic rings. The predicted octanol–water partition coefficient (Wildman–Crippen LogP) is 6.64. The number of benzene rings is 2. The smallest absolute Gasteiger partial charge is 0.323 e. The molecule has 1 aliphatic heterocycles. The average Bonchev–Trinajstić information content (AvgIpc) is 3.03. The van der Waals surface area contributed by atoms with Crippen molar-refractivity contribution in [2.45, 2.75) is 90.4 Å². The van der Waals surface area contributed by atoms with Gasteiger partial charge in [-0.05, 0) is 89.2 Å². The van der Waals surface area contributed by atoms with Crippen LogP contribution in [0.3, 0.4) is 0 Å². The van der Waals surface area contributed by atoms with Gasteiger partial charge in [-0.3, -0.25) is 4.79 Å². The van der Waals surface area contributed by atoms with Crippen LogP contribution in [0.5, 0.6) is 5.75 Å². The highest BCUT2D eigenvalue weighted by Crippen LogP contribution is 2.29. The summed E-state index contributed by atoms with van der Waals surface area (Å²) in [6, 6.07) is 13.5. The number of aliphatic hydroxyl groups is 1. The van der Waals surface area contributed by atoms with Crippen LogP contribution in [0.2, 0.25) is 0 Å². The molecule has 2 aromatic carbocycles. The molecule has 3 N–H and O–H groups in total. The number of amides is 3. The Morgan fingerprint density at radius 3 is 2.42 bits per heavy atom. The molecule has 4 rings (SSSR count). The number of fused-ring (bicyclic) bond motifs is 1. The minimum absolute atomic E-state index is 0.0287. The maximum Gasteiger partial charge on any atom is 0.323 e. The van der Waals surface area contributed by atoms with Gasteiger partial charge in [0.2, 0.25) is 0 Å². The van der Waals surface area contributed by atoms with Crippen LogP contribution in [-0.4, -0.2) is 85.0 Å². The highest BCUT2D eigenvalue weighted by molar-refractivity contribution is 6.02. The molecular weight excluding hydrogens is 568 g/mol. The zero-order chi connectivity index (χ0) is 32.2. The number of aliphatic hydroxyl groups excluding tert-OH is 1. The van der Waals surface area contributed by atoms with Crippen LogP contribution in [0.1, 0.15) is 82.5 Å². The molecule has 0 bridgehead atoms. The van der Waals surface area contributed by atoms with Crippen molar-refractivity contribution in [3.63, 3.8) is 0 Å². The minimum Gasteiger partial charge on any atom is -0.490 e. The third-order valence-corrected chi connectivity index (χ3v) is 9.13. The highest BCUT2D eigenvalue weighted by Gasteiger charge is 2.31. The largest absolute Gasteiger partial charge is 0.490 e. The number of para-hydroxylation sites is 1. The van der Waals surface area contributed by atoms with E-state index in [-0.39, 0.29) is 30.6 Å². The Morgan fingerprint density at radius 1 is 0.978 bits per heavy atom. The van der Waals surface area contributed by atoms with E-state index in [0.717, 1.165) is 38.3 Å². The van der Waals surface area contributed by atoms with E-state index in [0.29, 0.717) is 35.8 Å². The van der Waals surface area contributed by atoms with Gasteiger partial charge in [0.1, 0.15) is 5.75 Å². The second kappa shape index (κ2) is 17.5. The van der Waals surface area contributed by atoms with Crippen molar-refractivity contribution in [3.05, 3.63) is 54.1 Å². The summed E-state index contributed by atoms with van der Waals surface area (Å²) < 4.78 is 12.9. The quantitative estimate of drug-likeness (QED) is 0.305. The monoisotopic (exact) mass is 622 g/mol. The molecule has 1 fully saturated rings. The van der Waals surface area contributed by atoms with E-state index in [2.05, 4.69) is 29.5 Å². The Kier molecular flexibility index (Phi) is 13.5. The summed E-state index contributed by atoms with van der Waals surface area (Å²) in [6.07, 6.45) is 9.15. The average molecular weight is 623 g/mol. The molecule has 1 aliphatic carbocycles. The Hall–Kier alpha value is -3.14. The van der Waals surface area contributed by atoms with Crippen LogP contribution < -0.4 is 15.4 Å². The molecule has 1 saturated carbocycles. The second-order valence-electron chi connectivity index (χ2n) is 13.2. The van der Waals surface area contributed by atoms with Crippen molar-refractivity contribution in [3.8, 4) is 5.75 Å². The lowest BCUT2D eigenvalue weighted by molar-refractivity contribution is -0.0190. The number of carbonyl (C=O) groups is 2. The number of anilines is 2. The molecule has 9 heteroatoms. The number of hydrogen-bond acceptors (Lipinski definition) is 6. The van der Waals surface area contributed by atoms with Gasteiger partial charge >= 0.3 is 6.03 Å². The molecule has 9 nitrogen and oxygen atoms in total. The zero-order valence-electron chi connectivity index (χ0n) is 27.7. The summed E-state index contributed by atoms with van der Waals surface area (Å²) in [4.78, 5) is 31.2. The van der Waals surface area contributed by atoms with E-state index in [9.17, 15) is 14.7 Å². The lowest BCUT2D eigenvalue weighted by atomic mass is 9.89. The molecule has 248 valence electrons. The van der Waals surface area contributed by atoms with E-state index in [4.69, 9.17) is 9.47 Å². The van der Waals surface area contributed by atoms with Crippen molar-refractivity contribution in [2.75, 3.05) is 50.5 Å². The molecule has 1 heterocycles. The van der Waals surface area contributed by atoms with Crippen LogP contribution in [0.25, 0.3) is 0 Å². The van der Waals surface area contributed by atoms with Gasteiger partial charge in [-0.2, -0.15) is 0 Å². The first-order valence-electron chi connectivity index (χ1n) is 16.9. The standard InChI is InChI=1S/C36H54N4O5/c1-26-22-40(27(2)25-41)35(42)32-21-31(38-36(43)37-30-16-9-6-10-17-30)18-19-33(32)45-28(3)13-11-12-20-44-34(26)24-39(4)23-29-14-7-5-8-15-29/h6,9-10,16-19,21,26-29,34,41H,5,7-8,11-15,20,22-25H2,1-4H3,(H2,37,38,43)/t26-,27+,28-,34+/m1/s1. The van der Waals surface area contributed by atoms with E-state index >= 15 is 0 Å². The highest BCUT2D eigenvalue weighted by atomic mass is 16.5. The van der Waals surface area contributed by atoms with E-state index in [1.807, 2.05) is 44.2 Å². The second-order valence-corrected chi connectivity index (χ2v) is 13.2. The van der Waals surface area contributed by atoms with Crippen molar-refractivity contribution in [1.82, 2.24) is 9.80 Å². The van der Waals surface area contributed by atoms with Crippen LogP contribution in [-0.2, 0) is 4.74 Å². The van der Waals surface area contributed by atoms with E-state index in [1.165, 1.54) is 32.1 Å². The van der Waals surface area contributed by atoms with Crippen molar-refractivity contribution < 1.29 is 24.2 Å². The van der Waals surface area contributed by atoms with Crippen LogP contribution in [0.15, 0.2) is 48.5 Å². The number of nitrogens with one attached hydrogen (secondary N) is 2. The fraction of sp³-hybridized carbons (Fsp3) is 0.611. The first-order chi connectivity index (χ1) is 21.7. The molecule has 0 spiro atoms. The first-order valence-corrected chi connectivity index (χ1v) is 16.9. The summed E-state index contributed by atoms with van der Waals surface area (Å²) in [6.45, 7) is 8.79. The summed E-state index contributed by atoms with van der Waals surface area (Å²) in [5, 5.41) is 15.9. The third kappa shape index (κ3) is 10.7. The van der Waals surface area contributed by atoms with Gasteiger partial charge in [0.05, 0.1) is 30.4 Å². The van der Waals surface area contributed by atoms with Crippen molar-refractivity contribution in [2.24, 2.45) is 11.8 Å². The Morgan fingerprint density at radius 2 is 1.69 bits per heavy atom. The van der Waals surface area contributed by atoms with Crippen LogP contribution >= 0.6 is 0 Å². The Bertz CT molecular complexity index is 1210. The predicted molar refractivity (Wildman–Crippen MR) is 180 cm³/mol. The molecular formula is C36H54N4O5. The van der Waals surface area contributed by atoms with Gasteiger partial charge in [-0.25, -0.2) is 4.79 Å². The first kappa shape index (κ1) is 34.7. The van der Waals surface area contributed by atoms with Gasteiger partial charge in [-0.1, -0.05) is 44.4 Å². The van der Waals surface area contributed by atoms with Crippen molar-refractivity contribution in [1.29, 1.82) is 0 Å². The summed E-state index contributed by atoms with van der Waals surface area (Å²) in [5.41, 5.74) is 1.50. The molecule has 0 radical (unpaired) electrons. The third-order valence-electron chi connectivity index (χ3n) is 9.13. The van der Waals surface area contributed by atoms with Gasteiger partial charge in [0.15, 0.2) is 0 Å². The number of likely N-dealkylation sites (N-methyl/N-ethyl adjacent to an activating group) is 1. The normalized spacial score (nSPS) is 23.0. The zero-order valence-corrected chi connectivity index (χ0v) is 27.7. The van der Waals surface area contributed by atoms with E-state index in [1.54, 1.807) is 23.1 Å². The Labute approximate surface area is 269 Å². The number of urea groups is 1. The molecule has 4 atom stereocenters. The topological polar surface area (TPSA) is 103 Å². The molecule has 45 heavy (non-hydrogen) atoms. The number of hydrogen-bond donors (Lipinski definition) is 3. The van der Waals surface area contributed by atoms with Gasteiger partial charge < -0.3 is 35.0 Å².